The zero-order valence-electron chi connectivity index (χ0n) is 9.96. The predicted molar refractivity (Wildman–Crippen MR) is 64.3 cm³/mol. The molecule has 0 spiro atoms. The van der Waals surface area contributed by atoms with E-state index in [2.05, 4.69) is 14.7 Å². The Morgan fingerprint density at radius 3 is 2.84 bits per heavy atom. The Kier molecular flexibility index (Phi) is 3.56. The summed E-state index contributed by atoms with van der Waals surface area (Å²) in [5.41, 5.74) is 5.66. The van der Waals surface area contributed by atoms with Crippen molar-refractivity contribution in [2.24, 2.45) is 0 Å². The molecule has 6 nitrogen and oxygen atoms in total. The number of aromatic nitrogens is 2. The summed E-state index contributed by atoms with van der Waals surface area (Å²) in [5, 5.41) is 0. The third kappa shape index (κ3) is 2.95. The molecule has 1 aromatic heterocycles. The number of esters is 1. The molecule has 1 aromatic carbocycles. The largest absolute Gasteiger partial charge is 0.464 e. The average molecular weight is 263 g/mol. The smallest absolute Gasteiger partial charge is 0.358 e. The number of nitrogen functional groups attached to an aromatic ring is 1. The van der Waals surface area contributed by atoms with Gasteiger partial charge in [-0.05, 0) is 12.1 Å². The first kappa shape index (κ1) is 12.7. The molecule has 0 unspecified atom stereocenters. The topological polar surface area (TPSA) is 87.3 Å². The van der Waals surface area contributed by atoms with E-state index in [1.165, 1.54) is 31.6 Å². The van der Waals surface area contributed by atoms with E-state index in [-0.39, 0.29) is 23.0 Å². The van der Waals surface area contributed by atoms with Crippen molar-refractivity contribution >= 4 is 11.7 Å². The normalized spacial score (nSPS) is 10.0. The van der Waals surface area contributed by atoms with E-state index >= 15 is 0 Å². The Bertz CT molecular complexity index is 619. The Hall–Kier alpha value is -2.70. The second-order valence-corrected chi connectivity index (χ2v) is 3.53. The van der Waals surface area contributed by atoms with Crippen molar-refractivity contribution in [2.75, 3.05) is 12.8 Å². The summed E-state index contributed by atoms with van der Waals surface area (Å²) in [6.45, 7) is 0. The van der Waals surface area contributed by atoms with Crippen LogP contribution in [0, 0.1) is 5.82 Å². The number of hydrogen-bond donors (Lipinski definition) is 1. The molecule has 0 fully saturated rings. The number of carbonyl (C=O) groups excluding carboxylic acids is 1. The van der Waals surface area contributed by atoms with Gasteiger partial charge in [0.1, 0.15) is 0 Å². The Morgan fingerprint density at radius 2 is 2.16 bits per heavy atom. The van der Waals surface area contributed by atoms with Crippen LogP contribution in [0.3, 0.4) is 0 Å². The van der Waals surface area contributed by atoms with Gasteiger partial charge in [-0.25, -0.2) is 14.2 Å². The highest BCUT2D eigenvalue weighted by Gasteiger charge is 2.11. The summed E-state index contributed by atoms with van der Waals surface area (Å²) in [7, 11) is 1.22. The zero-order chi connectivity index (χ0) is 13.8. The lowest BCUT2D eigenvalue weighted by atomic mass is 10.3. The Balaban J connectivity index is 2.26. The molecule has 1 heterocycles. The van der Waals surface area contributed by atoms with Gasteiger partial charge < -0.3 is 15.2 Å². The molecule has 0 saturated heterocycles. The molecule has 0 radical (unpaired) electrons. The van der Waals surface area contributed by atoms with Crippen LogP contribution in [0.1, 0.15) is 10.5 Å². The van der Waals surface area contributed by atoms with Crippen LogP contribution in [0.25, 0.3) is 0 Å². The van der Waals surface area contributed by atoms with E-state index in [1.807, 2.05) is 0 Å². The van der Waals surface area contributed by atoms with Gasteiger partial charge in [0, 0.05) is 11.8 Å². The van der Waals surface area contributed by atoms with Crippen LogP contribution in [0.15, 0.2) is 30.6 Å². The predicted octanol–water partition coefficient (Wildman–Crippen LogP) is 1.78. The first-order valence-corrected chi connectivity index (χ1v) is 5.23. The molecule has 0 aliphatic carbocycles. The maximum Gasteiger partial charge on any atom is 0.358 e. The molecule has 0 atom stereocenters. The number of rotatable bonds is 3. The summed E-state index contributed by atoms with van der Waals surface area (Å²) in [5.74, 6) is -1.38. The Labute approximate surface area is 108 Å². The van der Waals surface area contributed by atoms with Crippen LogP contribution in [0.5, 0.6) is 11.6 Å². The zero-order valence-corrected chi connectivity index (χ0v) is 9.96. The molecule has 7 heteroatoms. The quantitative estimate of drug-likeness (QED) is 0.670. The van der Waals surface area contributed by atoms with E-state index in [4.69, 9.17) is 10.5 Å². The number of ether oxygens (including phenoxy) is 2. The van der Waals surface area contributed by atoms with Crippen LogP contribution in [0.2, 0.25) is 0 Å². The first-order chi connectivity index (χ1) is 9.10. The van der Waals surface area contributed by atoms with Crippen molar-refractivity contribution in [3.8, 4) is 11.6 Å². The van der Waals surface area contributed by atoms with Gasteiger partial charge in [-0.2, -0.15) is 0 Å². The van der Waals surface area contributed by atoms with E-state index in [1.54, 1.807) is 0 Å². The lowest BCUT2D eigenvalue weighted by Crippen LogP contribution is -2.05. The molecule has 0 amide bonds. The molecule has 2 N–H and O–H groups in total. The minimum Gasteiger partial charge on any atom is -0.464 e. The van der Waals surface area contributed by atoms with E-state index in [0.29, 0.717) is 0 Å². The van der Waals surface area contributed by atoms with Gasteiger partial charge in [-0.15, -0.1) is 0 Å². The lowest BCUT2D eigenvalue weighted by molar-refractivity contribution is 0.0592. The number of anilines is 1. The highest BCUT2D eigenvalue weighted by atomic mass is 19.1. The second kappa shape index (κ2) is 5.30. The summed E-state index contributed by atoms with van der Waals surface area (Å²) < 4.78 is 23.2. The number of methoxy groups -OCH3 is 1. The van der Waals surface area contributed by atoms with Crippen molar-refractivity contribution in [2.45, 2.75) is 0 Å². The van der Waals surface area contributed by atoms with Gasteiger partial charge in [0.15, 0.2) is 17.3 Å². The summed E-state index contributed by atoms with van der Waals surface area (Å²) in [6, 6.07) is 3.96. The van der Waals surface area contributed by atoms with Crippen LogP contribution >= 0.6 is 0 Å². The van der Waals surface area contributed by atoms with Crippen LogP contribution in [-0.2, 0) is 4.74 Å². The van der Waals surface area contributed by atoms with Gasteiger partial charge in [0.25, 0.3) is 0 Å². The van der Waals surface area contributed by atoms with Crippen LogP contribution in [-0.4, -0.2) is 23.0 Å². The third-order valence-electron chi connectivity index (χ3n) is 2.18. The highest BCUT2D eigenvalue weighted by molar-refractivity contribution is 5.86. The number of nitrogens with zero attached hydrogens (tertiary/aromatic N) is 2. The highest BCUT2D eigenvalue weighted by Crippen LogP contribution is 2.24. The fraction of sp³-hybridized carbons (Fsp3) is 0.0833. The Morgan fingerprint density at radius 1 is 1.37 bits per heavy atom. The molecule has 19 heavy (non-hydrogen) atoms. The fourth-order valence-electron chi connectivity index (χ4n) is 1.31. The number of benzene rings is 1. The van der Waals surface area contributed by atoms with Crippen molar-refractivity contribution in [3.63, 3.8) is 0 Å². The molecular formula is C12H10FN3O3. The minimum absolute atomic E-state index is 0.0217. The van der Waals surface area contributed by atoms with Gasteiger partial charge in [0.05, 0.1) is 19.5 Å². The van der Waals surface area contributed by atoms with Crippen LogP contribution in [0.4, 0.5) is 10.1 Å². The number of halogens is 1. The minimum atomic E-state index is -0.657. The number of carbonyl (C=O) groups is 1. The van der Waals surface area contributed by atoms with Crippen molar-refractivity contribution in [3.05, 3.63) is 42.1 Å². The maximum absolute atomic E-state index is 13.5. The summed E-state index contributed by atoms with van der Waals surface area (Å²) >= 11 is 0. The van der Waals surface area contributed by atoms with E-state index < -0.39 is 11.8 Å². The van der Waals surface area contributed by atoms with Crippen molar-refractivity contribution < 1.29 is 18.7 Å². The summed E-state index contributed by atoms with van der Waals surface area (Å²) in [4.78, 5) is 18.9. The molecular weight excluding hydrogens is 253 g/mol. The maximum atomic E-state index is 13.5. The van der Waals surface area contributed by atoms with Gasteiger partial charge in [-0.1, -0.05) is 0 Å². The molecule has 0 aliphatic rings. The van der Waals surface area contributed by atoms with Crippen LogP contribution < -0.4 is 10.5 Å². The van der Waals surface area contributed by atoms with Gasteiger partial charge >= 0.3 is 5.97 Å². The number of nitrogens with two attached hydrogens (primary N) is 1. The molecule has 98 valence electrons. The van der Waals surface area contributed by atoms with Crippen molar-refractivity contribution in [1.29, 1.82) is 0 Å². The number of hydrogen-bond acceptors (Lipinski definition) is 6. The van der Waals surface area contributed by atoms with Gasteiger partial charge in [-0.3, -0.25) is 4.98 Å². The van der Waals surface area contributed by atoms with E-state index in [0.717, 1.165) is 6.07 Å². The van der Waals surface area contributed by atoms with Crippen molar-refractivity contribution in [1.82, 2.24) is 9.97 Å². The first-order valence-electron chi connectivity index (χ1n) is 5.23. The average Bonchev–Trinajstić information content (AvgIpc) is 2.41. The molecule has 0 aliphatic heterocycles. The standard InChI is InChI=1S/C12H10FN3O3/c1-18-12(17)9-5-15-6-11(16-9)19-10-3-2-7(14)4-8(10)13/h2-6H,14H2,1H3. The lowest BCUT2D eigenvalue weighted by Gasteiger charge is -2.06. The summed E-state index contributed by atoms with van der Waals surface area (Å²) in [6.07, 6.45) is 2.47. The van der Waals surface area contributed by atoms with E-state index in [9.17, 15) is 9.18 Å². The third-order valence-corrected chi connectivity index (χ3v) is 2.18. The second-order valence-electron chi connectivity index (χ2n) is 3.53. The fourth-order valence-corrected chi connectivity index (χ4v) is 1.31. The molecule has 0 saturated carbocycles. The van der Waals surface area contributed by atoms with Gasteiger partial charge in [0.2, 0.25) is 5.88 Å². The molecule has 2 aromatic rings. The SMILES string of the molecule is COC(=O)c1cncc(Oc2ccc(N)cc2F)n1. The molecule has 2 rings (SSSR count). The monoisotopic (exact) mass is 263 g/mol. The molecule has 0 bridgehead atoms.